The summed E-state index contributed by atoms with van der Waals surface area (Å²) in [5.41, 5.74) is 6.85. The van der Waals surface area contributed by atoms with Crippen LogP contribution in [0.25, 0.3) is 55.4 Å². The first kappa shape index (κ1) is 20.9. The zero-order chi connectivity index (χ0) is 24.1. The monoisotopic (exact) mass is 492 g/mol. The van der Waals surface area contributed by atoms with Gasteiger partial charge in [0, 0.05) is 23.9 Å². The Morgan fingerprint density at radius 3 is 2.78 bits per heavy atom. The van der Waals surface area contributed by atoms with Gasteiger partial charge in [-0.2, -0.15) is 5.10 Å². The van der Waals surface area contributed by atoms with E-state index in [4.69, 9.17) is 9.97 Å². The SMILES string of the molecule is O=C(Nc1cncc(-c2ccc3[nH]nc(-c4nc5c(-c6cccs6)nccc5[nH]4)c3n2)c1)C1CCC1. The van der Waals surface area contributed by atoms with E-state index in [1.165, 1.54) is 0 Å². The number of hydrogen-bond acceptors (Lipinski definition) is 7. The number of nitrogens with one attached hydrogen (secondary N) is 3. The van der Waals surface area contributed by atoms with Crippen LogP contribution in [0, 0.1) is 5.92 Å². The second kappa shape index (κ2) is 8.35. The molecule has 0 radical (unpaired) electrons. The third kappa shape index (κ3) is 3.54. The molecule has 6 heterocycles. The van der Waals surface area contributed by atoms with Crippen LogP contribution in [-0.2, 0) is 4.79 Å². The number of fused-ring (bicyclic) bond motifs is 2. The van der Waals surface area contributed by atoms with Crippen molar-refractivity contribution in [2.75, 3.05) is 5.32 Å². The fourth-order valence-corrected chi connectivity index (χ4v) is 5.15. The van der Waals surface area contributed by atoms with E-state index in [9.17, 15) is 4.79 Å². The van der Waals surface area contributed by atoms with Gasteiger partial charge in [0.05, 0.1) is 33.5 Å². The van der Waals surface area contributed by atoms with Crippen LogP contribution in [0.1, 0.15) is 19.3 Å². The topological polar surface area (TPSA) is 125 Å². The van der Waals surface area contributed by atoms with Crippen molar-refractivity contribution in [1.82, 2.24) is 35.1 Å². The van der Waals surface area contributed by atoms with Gasteiger partial charge >= 0.3 is 0 Å². The molecule has 10 heteroatoms. The van der Waals surface area contributed by atoms with Gasteiger partial charge in [0.15, 0.2) is 11.5 Å². The van der Waals surface area contributed by atoms with E-state index in [0.29, 0.717) is 22.7 Å². The fraction of sp³-hybridized carbons (Fsp3) is 0.154. The summed E-state index contributed by atoms with van der Waals surface area (Å²) in [6.07, 6.45) is 8.20. The number of rotatable bonds is 5. The quantitative estimate of drug-likeness (QED) is 0.295. The number of imidazole rings is 1. The van der Waals surface area contributed by atoms with Crippen molar-refractivity contribution in [3.8, 4) is 33.3 Å². The molecule has 0 spiro atoms. The summed E-state index contributed by atoms with van der Waals surface area (Å²) in [6, 6.07) is 11.7. The standard InChI is InChI=1S/C26H20N8OS/c35-26(14-3-1-4-14)29-16-11-15(12-27-13-16)17-6-7-19-22(30-17)24(34-33-19)25-31-18-8-9-28-23(21(18)32-25)20-5-2-10-36-20/h2,5-14H,1,3-4H2,(H,29,35)(H,31,32)(H,33,34). The van der Waals surface area contributed by atoms with Crippen molar-refractivity contribution in [1.29, 1.82) is 0 Å². The van der Waals surface area contributed by atoms with E-state index in [1.54, 1.807) is 29.9 Å². The van der Waals surface area contributed by atoms with E-state index < -0.39 is 0 Å². The highest BCUT2D eigenvalue weighted by molar-refractivity contribution is 7.13. The number of amides is 1. The molecule has 1 fully saturated rings. The predicted octanol–water partition coefficient (Wildman–Crippen LogP) is 5.43. The number of hydrogen-bond donors (Lipinski definition) is 3. The number of thiophene rings is 1. The summed E-state index contributed by atoms with van der Waals surface area (Å²) in [5, 5.41) is 12.6. The second-order valence-corrected chi connectivity index (χ2v) is 9.81. The summed E-state index contributed by atoms with van der Waals surface area (Å²) >= 11 is 1.63. The molecule has 6 aromatic rings. The minimum atomic E-state index is 0.0574. The van der Waals surface area contributed by atoms with Crippen LogP contribution in [0.5, 0.6) is 0 Å². The van der Waals surface area contributed by atoms with Gasteiger partial charge < -0.3 is 10.3 Å². The molecule has 6 aromatic heterocycles. The van der Waals surface area contributed by atoms with Gasteiger partial charge in [-0.1, -0.05) is 12.5 Å². The summed E-state index contributed by atoms with van der Waals surface area (Å²) in [6.45, 7) is 0. The molecule has 36 heavy (non-hydrogen) atoms. The van der Waals surface area contributed by atoms with Crippen molar-refractivity contribution < 1.29 is 4.79 Å². The lowest BCUT2D eigenvalue weighted by molar-refractivity contribution is -0.122. The zero-order valence-corrected chi connectivity index (χ0v) is 19.8. The Morgan fingerprint density at radius 2 is 1.94 bits per heavy atom. The molecule has 0 aromatic carbocycles. The molecule has 0 atom stereocenters. The Bertz CT molecular complexity index is 1730. The van der Waals surface area contributed by atoms with Gasteiger partial charge in [0.2, 0.25) is 5.91 Å². The number of carbonyl (C=O) groups excluding carboxylic acids is 1. The van der Waals surface area contributed by atoms with Crippen LogP contribution in [0.3, 0.4) is 0 Å². The molecule has 3 N–H and O–H groups in total. The van der Waals surface area contributed by atoms with Crippen LogP contribution in [0.15, 0.2) is 60.4 Å². The molecule has 176 valence electrons. The Hall–Kier alpha value is -4.44. The highest BCUT2D eigenvalue weighted by Gasteiger charge is 2.25. The number of pyridine rings is 3. The predicted molar refractivity (Wildman–Crippen MR) is 139 cm³/mol. The summed E-state index contributed by atoms with van der Waals surface area (Å²) in [5.74, 6) is 0.782. The lowest BCUT2D eigenvalue weighted by atomic mass is 9.85. The third-order valence-corrected chi connectivity index (χ3v) is 7.44. The van der Waals surface area contributed by atoms with Gasteiger partial charge in [0.25, 0.3) is 0 Å². The molecule has 1 saturated carbocycles. The molecule has 1 amide bonds. The average Bonchev–Trinajstić information content (AvgIpc) is 3.61. The van der Waals surface area contributed by atoms with Gasteiger partial charge in [-0.25, -0.2) is 9.97 Å². The lowest BCUT2D eigenvalue weighted by Gasteiger charge is -2.24. The Balaban J connectivity index is 1.26. The molecule has 9 nitrogen and oxygen atoms in total. The Morgan fingerprint density at radius 1 is 1.03 bits per heavy atom. The van der Waals surface area contributed by atoms with Crippen LogP contribution in [0.2, 0.25) is 0 Å². The number of anilines is 1. The van der Waals surface area contributed by atoms with Gasteiger partial charge in [-0.05, 0) is 48.6 Å². The maximum atomic E-state index is 12.4. The second-order valence-electron chi connectivity index (χ2n) is 8.86. The highest BCUT2D eigenvalue weighted by Crippen LogP contribution is 2.33. The number of nitrogens with zero attached hydrogens (tertiary/aromatic N) is 5. The Kier molecular flexibility index (Phi) is 4.84. The summed E-state index contributed by atoms with van der Waals surface area (Å²) < 4.78 is 0. The van der Waals surface area contributed by atoms with Gasteiger partial charge in [-0.3, -0.25) is 19.9 Å². The Labute approximate surface area is 209 Å². The zero-order valence-electron chi connectivity index (χ0n) is 19.0. The smallest absolute Gasteiger partial charge is 0.227 e. The van der Waals surface area contributed by atoms with Crippen molar-refractivity contribution >= 4 is 45.0 Å². The molecule has 0 saturated heterocycles. The minimum absolute atomic E-state index is 0.0574. The maximum absolute atomic E-state index is 12.4. The van der Waals surface area contributed by atoms with E-state index in [2.05, 4.69) is 30.5 Å². The number of aromatic amines is 2. The van der Waals surface area contributed by atoms with Crippen LogP contribution in [0.4, 0.5) is 5.69 Å². The van der Waals surface area contributed by atoms with Crippen molar-refractivity contribution in [2.24, 2.45) is 5.92 Å². The summed E-state index contributed by atoms with van der Waals surface area (Å²) in [4.78, 5) is 35.4. The van der Waals surface area contributed by atoms with Crippen molar-refractivity contribution in [3.05, 3.63) is 60.4 Å². The van der Waals surface area contributed by atoms with E-state index in [0.717, 1.165) is 57.6 Å². The lowest BCUT2D eigenvalue weighted by Crippen LogP contribution is -2.28. The first-order valence-electron chi connectivity index (χ1n) is 11.7. The van der Waals surface area contributed by atoms with Crippen molar-refractivity contribution in [2.45, 2.75) is 19.3 Å². The molecule has 0 bridgehead atoms. The highest BCUT2D eigenvalue weighted by atomic mass is 32.1. The molecule has 1 aliphatic carbocycles. The number of H-pyrrole nitrogens is 2. The molecule has 7 rings (SSSR count). The summed E-state index contributed by atoms with van der Waals surface area (Å²) in [7, 11) is 0. The number of aromatic nitrogens is 7. The molecule has 1 aliphatic rings. The van der Waals surface area contributed by atoms with E-state index in [-0.39, 0.29) is 11.8 Å². The molecular formula is C26H20N8OS. The molecular weight excluding hydrogens is 472 g/mol. The normalized spacial score (nSPS) is 13.8. The maximum Gasteiger partial charge on any atom is 0.227 e. The first-order valence-corrected chi connectivity index (χ1v) is 12.6. The molecule has 0 unspecified atom stereocenters. The minimum Gasteiger partial charge on any atom is -0.336 e. The largest absolute Gasteiger partial charge is 0.336 e. The van der Waals surface area contributed by atoms with Crippen LogP contribution >= 0.6 is 11.3 Å². The third-order valence-electron chi connectivity index (χ3n) is 6.57. The first-order chi connectivity index (χ1) is 17.7. The van der Waals surface area contributed by atoms with Gasteiger partial charge in [0.1, 0.15) is 16.7 Å². The van der Waals surface area contributed by atoms with E-state index in [1.807, 2.05) is 41.8 Å². The average molecular weight is 493 g/mol. The molecule has 0 aliphatic heterocycles. The van der Waals surface area contributed by atoms with Crippen LogP contribution < -0.4 is 5.32 Å². The van der Waals surface area contributed by atoms with Crippen LogP contribution in [-0.4, -0.2) is 41.0 Å². The van der Waals surface area contributed by atoms with Gasteiger partial charge in [-0.15, -0.1) is 11.3 Å². The number of carbonyl (C=O) groups is 1. The fourth-order valence-electron chi connectivity index (χ4n) is 4.43. The van der Waals surface area contributed by atoms with Crippen molar-refractivity contribution in [3.63, 3.8) is 0 Å². The van der Waals surface area contributed by atoms with E-state index >= 15 is 0 Å².